The third kappa shape index (κ3) is 5.61. The number of unbranched alkanes of at least 4 members (excludes halogenated alkanes) is 2. The Morgan fingerprint density at radius 3 is 2.80 bits per heavy atom. The topological polar surface area (TPSA) is 79.5 Å². The zero-order valence-electron chi connectivity index (χ0n) is 11.9. The molecule has 6 heteroatoms. The number of aryl methyl sites for hydroxylation is 1. The molecule has 0 aromatic heterocycles. The van der Waals surface area contributed by atoms with Crippen LogP contribution in [-0.2, 0) is 0 Å². The van der Waals surface area contributed by atoms with Crippen LogP contribution < -0.4 is 16.4 Å². The molecule has 0 aliphatic rings. The SMILES string of the molecule is CCCCCN=C(N)NC(=O)Nc1c(C)cccc1Br. The quantitative estimate of drug-likeness (QED) is 0.436. The molecule has 0 saturated heterocycles. The lowest BCUT2D eigenvalue weighted by Gasteiger charge is -2.11. The average molecular weight is 341 g/mol. The van der Waals surface area contributed by atoms with Gasteiger partial charge in [0.05, 0.1) is 5.69 Å². The molecule has 4 N–H and O–H groups in total. The monoisotopic (exact) mass is 340 g/mol. The Morgan fingerprint density at radius 1 is 1.40 bits per heavy atom. The summed E-state index contributed by atoms with van der Waals surface area (Å²) < 4.78 is 0.825. The highest BCUT2D eigenvalue weighted by Crippen LogP contribution is 2.25. The van der Waals surface area contributed by atoms with Crippen LogP contribution in [0.3, 0.4) is 0 Å². The number of nitrogens with two attached hydrogens (primary N) is 1. The largest absolute Gasteiger partial charge is 0.370 e. The lowest BCUT2D eigenvalue weighted by molar-refractivity contribution is 0.256. The van der Waals surface area contributed by atoms with Crippen molar-refractivity contribution in [3.05, 3.63) is 28.2 Å². The van der Waals surface area contributed by atoms with E-state index in [1.807, 2.05) is 25.1 Å². The van der Waals surface area contributed by atoms with Gasteiger partial charge in [-0.1, -0.05) is 31.9 Å². The van der Waals surface area contributed by atoms with Crippen molar-refractivity contribution in [3.63, 3.8) is 0 Å². The van der Waals surface area contributed by atoms with E-state index in [1.165, 1.54) is 0 Å². The number of aliphatic imine (C=N–C) groups is 1. The maximum Gasteiger partial charge on any atom is 0.326 e. The number of benzene rings is 1. The van der Waals surface area contributed by atoms with Gasteiger partial charge in [-0.15, -0.1) is 0 Å². The zero-order valence-corrected chi connectivity index (χ0v) is 13.5. The number of carbonyl (C=O) groups excluding carboxylic acids is 1. The van der Waals surface area contributed by atoms with Crippen LogP contribution in [0.15, 0.2) is 27.7 Å². The molecular weight excluding hydrogens is 320 g/mol. The van der Waals surface area contributed by atoms with Crippen molar-refractivity contribution in [1.82, 2.24) is 5.32 Å². The first-order valence-corrected chi connectivity index (χ1v) is 7.47. The number of urea groups is 1. The number of para-hydroxylation sites is 1. The summed E-state index contributed by atoms with van der Waals surface area (Å²) in [4.78, 5) is 15.9. The van der Waals surface area contributed by atoms with Gasteiger partial charge >= 0.3 is 6.03 Å². The van der Waals surface area contributed by atoms with E-state index >= 15 is 0 Å². The molecule has 1 aromatic rings. The van der Waals surface area contributed by atoms with E-state index in [2.05, 4.69) is 38.5 Å². The first-order chi connectivity index (χ1) is 9.54. The molecule has 20 heavy (non-hydrogen) atoms. The van der Waals surface area contributed by atoms with Crippen molar-refractivity contribution >= 4 is 33.6 Å². The maximum absolute atomic E-state index is 11.8. The Labute approximate surface area is 128 Å². The van der Waals surface area contributed by atoms with Gasteiger partial charge in [-0.25, -0.2) is 4.79 Å². The molecule has 2 amide bonds. The highest BCUT2D eigenvalue weighted by Gasteiger charge is 2.08. The minimum Gasteiger partial charge on any atom is -0.370 e. The van der Waals surface area contributed by atoms with Gasteiger partial charge in [0.15, 0.2) is 5.96 Å². The smallest absolute Gasteiger partial charge is 0.326 e. The number of amides is 2. The van der Waals surface area contributed by atoms with Crippen LogP contribution in [0.1, 0.15) is 31.7 Å². The van der Waals surface area contributed by atoms with Gasteiger partial charge in [-0.3, -0.25) is 10.3 Å². The number of rotatable bonds is 5. The van der Waals surface area contributed by atoms with Gasteiger partial charge in [0.1, 0.15) is 0 Å². The highest BCUT2D eigenvalue weighted by atomic mass is 79.9. The molecule has 0 unspecified atom stereocenters. The minimum atomic E-state index is -0.392. The van der Waals surface area contributed by atoms with Gasteiger partial charge in [0, 0.05) is 11.0 Å². The summed E-state index contributed by atoms with van der Waals surface area (Å²) in [5.41, 5.74) is 7.34. The van der Waals surface area contributed by atoms with Crippen molar-refractivity contribution in [2.75, 3.05) is 11.9 Å². The fourth-order valence-electron chi connectivity index (χ4n) is 1.65. The van der Waals surface area contributed by atoms with E-state index in [0.717, 1.165) is 35.0 Å². The van der Waals surface area contributed by atoms with Crippen molar-refractivity contribution in [1.29, 1.82) is 0 Å². The van der Waals surface area contributed by atoms with Crippen LogP contribution in [0.2, 0.25) is 0 Å². The first-order valence-electron chi connectivity index (χ1n) is 6.67. The van der Waals surface area contributed by atoms with E-state index in [-0.39, 0.29) is 5.96 Å². The van der Waals surface area contributed by atoms with Crippen LogP contribution in [0.5, 0.6) is 0 Å². The predicted octanol–water partition coefficient (Wildman–Crippen LogP) is 3.38. The molecule has 0 heterocycles. The third-order valence-corrected chi connectivity index (χ3v) is 3.41. The molecule has 0 radical (unpaired) electrons. The van der Waals surface area contributed by atoms with Crippen LogP contribution in [0.4, 0.5) is 10.5 Å². The fourth-order valence-corrected chi connectivity index (χ4v) is 2.22. The molecule has 1 rings (SSSR count). The summed E-state index contributed by atoms with van der Waals surface area (Å²) in [6, 6.07) is 5.30. The van der Waals surface area contributed by atoms with Gasteiger partial charge in [0.25, 0.3) is 0 Å². The van der Waals surface area contributed by atoms with Gasteiger partial charge in [-0.05, 0) is 40.9 Å². The van der Waals surface area contributed by atoms with E-state index in [4.69, 9.17) is 5.73 Å². The van der Waals surface area contributed by atoms with E-state index in [1.54, 1.807) is 0 Å². The number of halogens is 1. The molecule has 0 atom stereocenters. The molecular formula is C14H21BrN4O. The van der Waals surface area contributed by atoms with E-state index < -0.39 is 6.03 Å². The first kappa shape index (κ1) is 16.5. The molecule has 0 saturated carbocycles. The second-order valence-electron chi connectivity index (χ2n) is 4.48. The number of hydrogen-bond acceptors (Lipinski definition) is 2. The minimum absolute atomic E-state index is 0.142. The van der Waals surface area contributed by atoms with Gasteiger partial charge in [-0.2, -0.15) is 0 Å². The second-order valence-corrected chi connectivity index (χ2v) is 5.34. The summed E-state index contributed by atoms with van der Waals surface area (Å²) >= 11 is 3.40. The number of guanidine groups is 1. The Balaban J connectivity index is 2.51. The number of nitrogens with zero attached hydrogens (tertiary/aromatic N) is 1. The third-order valence-electron chi connectivity index (χ3n) is 2.75. The Bertz CT molecular complexity index is 468. The molecule has 110 valence electrons. The molecule has 0 spiro atoms. The van der Waals surface area contributed by atoms with Crippen LogP contribution in [0.25, 0.3) is 0 Å². The van der Waals surface area contributed by atoms with Gasteiger partial charge in [0.2, 0.25) is 0 Å². The van der Waals surface area contributed by atoms with E-state index in [0.29, 0.717) is 6.54 Å². The molecule has 0 aliphatic heterocycles. The van der Waals surface area contributed by atoms with Crippen LogP contribution in [0, 0.1) is 6.92 Å². The average Bonchev–Trinajstić information content (AvgIpc) is 2.39. The summed E-state index contributed by atoms with van der Waals surface area (Å²) in [6.45, 7) is 4.68. The summed E-state index contributed by atoms with van der Waals surface area (Å²) in [7, 11) is 0. The number of hydrogen-bond donors (Lipinski definition) is 3. The van der Waals surface area contributed by atoms with Crippen molar-refractivity contribution < 1.29 is 4.79 Å². The predicted molar refractivity (Wildman–Crippen MR) is 87.0 cm³/mol. The highest BCUT2D eigenvalue weighted by molar-refractivity contribution is 9.10. The molecule has 0 bridgehead atoms. The van der Waals surface area contributed by atoms with Crippen molar-refractivity contribution in [2.24, 2.45) is 10.7 Å². The Hall–Kier alpha value is -1.56. The van der Waals surface area contributed by atoms with Crippen molar-refractivity contribution in [3.8, 4) is 0 Å². The number of carbonyl (C=O) groups is 1. The second kappa shape index (κ2) is 8.58. The molecule has 0 fully saturated rings. The Morgan fingerprint density at radius 2 is 2.15 bits per heavy atom. The lowest BCUT2D eigenvalue weighted by atomic mass is 10.2. The standard InChI is InChI=1S/C14H21BrN4O/c1-3-4-5-9-17-13(16)19-14(20)18-12-10(2)7-6-8-11(12)15/h6-8H,3-5,9H2,1-2H3,(H4,16,17,18,19,20). The van der Waals surface area contributed by atoms with Crippen LogP contribution >= 0.6 is 15.9 Å². The van der Waals surface area contributed by atoms with E-state index in [9.17, 15) is 4.79 Å². The van der Waals surface area contributed by atoms with Crippen molar-refractivity contribution in [2.45, 2.75) is 33.1 Å². The summed E-state index contributed by atoms with van der Waals surface area (Å²) in [6.07, 6.45) is 3.22. The molecule has 5 nitrogen and oxygen atoms in total. The number of anilines is 1. The zero-order chi connectivity index (χ0) is 15.0. The molecule has 0 aliphatic carbocycles. The number of nitrogens with one attached hydrogen (secondary N) is 2. The fraction of sp³-hybridized carbons (Fsp3) is 0.429. The lowest BCUT2D eigenvalue weighted by Crippen LogP contribution is -2.39. The Kier molecular flexibility index (Phi) is 7.08. The maximum atomic E-state index is 11.8. The summed E-state index contributed by atoms with van der Waals surface area (Å²) in [5.74, 6) is 0.142. The van der Waals surface area contributed by atoms with Gasteiger partial charge < -0.3 is 11.1 Å². The van der Waals surface area contributed by atoms with Crippen LogP contribution in [-0.4, -0.2) is 18.5 Å². The summed E-state index contributed by atoms with van der Waals surface area (Å²) in [5, 5.41) is 5.27. The normalized spacial score (nSPS) is 11.2. The molecule has 1 aromatic carbocycles.